The number of rotatable bonds is 37. The molecule has 2 N–H and O–H groups in total. The molecule has 0 rings (SSSR count). The molecule has 0 amide bonds. The maximum Gasteiger partial charge on any atom is 0.437 e. The summed E-state index contributed by atoms with van der Waals surface area (Å²) in [6, 6.07) is 0. The molecule has 1 unspecified atom stereocenters. The lowest BCUT2D eigenvalue weighted by atomic mass is 10.1. The molecule has 0 aliphatic heterocycles. The highest BCUT2D eigenvalue weighted by atomic mass is 16.9. The van der Waals surface area contributed by atoms with Gasteiger partial charge in [-0.15, -0.1) is 0 Å². The maximum absolute atomic E-state index is 12.6. The summed E-state index contributed by atoms with van der Waals surface area (Å²) in [5.74, 6) is -4.03. The van der Waals surface area contributed by atoms with Crippen LogP contribution >= 0.6 is 0 Å². The first kappa shape index (κ1) is 47.0. The summed E-state index contributed by atoms with van der Waals surface area (Å²) in [5.41, 5.74) is 0. The smallest absolute Gasteiger partial charge is 0.394 e. The van der Waals surface area contributed by atoms with Crippen LogP contribution in [0.1, 0.15) is 194 Å². The van der Waals surface area contributed by atoms with Crippen LogP contribution in [0.2, 0.25) is 0 Å². The fourth-order valence-electron chi connectivity index (χ4n) is 5.53. The number of allylic oxidation sites excluding steroid dienone is 4. The van der Waals surface area contributed by atoms with Gasteiger partial charge in [0.25, 0.3) is 0 Å². The van der Waals surface area contributed by atoms with Gasteiger partial charge in [-0.2, -0.15) is 0 Å². The van der Waals surface area contributed by atoms with Crippen molar-refractivity contribution >= 4 is 18.2 Å². The minimum atomic E-state index is -2.58. The van der Waals surface area contributed by atoms with E-state index in [0.29, 0.717) is 12.8 Å². The Balaban J connectivity index is 4.25. The van der Waals surface area contributed by atoms with Gasteiger partial charge in [0.2, 0.25) is 6.29 Å². The summed E-state index contributed by atoms with van der Waals surface area (Å²) in [7, 11) is 0. The lowest BCUT2D eigenvalue weighted by Gasteiger charge is -2.27. The van der Waals surface area contributed by atoms with Gasteiger partial charge in [-0.25, -0.2) is 0 Å². The lowest BCUT2D eigenvalue weighted by molar-refractivity contribution is -0.322. The monoisotopic (exact) mass is 695 g/mol. The van der Waals surface area contributed by atoms with E-state index in [1.807, 2.05) is 0 Å². The third-order valence-electron chi connectivity index (χ3n) is 8.63. The normalized spacial score (nSPS) is 12.6. The Bertz CT molecular complexity index is 770. The second-order valence-electron chi connectivity index (χ2n) is 13.5. The largest absolute Gasteiger partial charge is 0.437 e. The zero-order valence-corrected chi connectivity index (χ0v) is 31.5. The van der Waals surface area contributed by atoms with Crippen LogP contribution in [0.15, 0.2) is 24.3 Å². The van der Waals surface area contributed by atoms with E-state index in [4.69, 9.17) is 19.3 Å². The summed E-state index contributed by atoms with van der Waals surface area (Å²) >= 11 is 0. The van der Waals surface area contributed by atoms with Crippen molar-refractivity contribution in [3.8, 4) is 0 Å². The molecule has 0 heterocycles. The molecule has 0 fully saturated rings. The second-order valence-corrected chi connectivity index (χ2v) is 13.5. The van der Waals surface area contributed by atoms with Crippen LogP contribution in [0.4, 0.5) is 0 Å². The van der Waals surface area contributed by atoms with Crippen molar-refractivity contribution in [1.29, 1.82) is 0 Å². The summed E-state index contributed by atoms with van der Waals surface area (Å²) < 4.78 is 15.7. The highest BCUT2D eigenvalue weighted by Crippen LogP contribution is 2.19. The number of aliphatic hydroxyl groups excluding tert-OH is 2. The Kier molecular flexibility index (Phi) is 34.3. The van der Waals surface area contributed by atoms with Crippen LogP contribution in [0.3, 0.4) is 0 Å². The van der Waals surface area contributed by atoms with Crippen molar-refractivity contribution in [2.24, 2.45) is 0 Å². The summed E-state index contributed by atoms with van der Waals surface area (Å²) in [5, 5.41) is 18.8. The summed E-state index contributed by atoms with van der Waals surface area (Å²) in [6.45, 7) is 3.31. The van der Waals surface area contributed by atoms with E-state index in [0.717, 1.165) is 77.0 Å². The SMILES string of the molecule is CCCCCCCC/C=C\CCCCCCCC(=O)OC(C=O)(OCC(O)CO)OC(=O)CCCCCCC/C=C\CCCCCCCC. The van der Waals surface area contributed by atoms with Gasteiger partial charge in [-0.05, 0) is 64.2 Å². The Morgan fingerprint density at radius 1 is 0.551 bits per heavy atom. The van der Waals surface area contributed by atoms with E-state index in [9.17, 15) is 19.5 Å². The first-order valence-corrected chi connectivity index (χ1v) is 20.1. The number of hydrogen-bond acceptors (Lipinski definition) is 8. The minimum absolute atomic E-state index is 0.0471. The number of carbonyl (C=O) groups excluding carboxylic acids is 3. The maximum atomic E-state index is 12.6. The van der Waals surface area contributed by atoms with Gasteiger partial charge in [0.1, 0.15) is 6.10 Å². The molecule has 0 aromatic carbocycles. The molecule has 0 aliphatic carbocycles. The molecule has 0 aromatic heterocycles. The van der Waals surface area contributed by atoms with Crippen LogP contribution in [-0.4, -0.2) is 53.7 Å². The molecule has 0 spiro atoms. The van der Waals surface area contributed by atoms with Gasteiger partial charge in [-0.3, -0.25) is 19.1 Å². The number of aliphatic hydroxyl groups is 2. The molecule has 0 aromatic rings. The first-order chi connectivity index (χ1) is 23.9. The van der Waals surface area contributed by atoms with Crippen molar-refractivity contribution in [2.45, 2.75) is 206 Å². The van der Waals surface area contributed by atoms with Crippen molar-refractivity contribution < 1.29 is 38.8 Å². The van der Waals surface area contributed by atoms with Crippen LogP contribution in [0.5, 0.6) is 0 Å². The Morgan fingerprint density at radius 2 is 0.878 bits per heavy atom. The Hall–Kier alpha value is -2.03. The molecule has 0 saturated carbocycles. The quantitative estimate of drug-likeness (QED) is 0.0217. The third kappa shape index (κ3) is 31.7. The molecule has 8 nitrogen and oxygen atoms in total. The highest BCUT2D eigenvalue weighted by molar-refractivity contribution is 5.76. The highest BCUT2D eigenvalue weighted by Gasteiger charge is 2.41. The molecule has 0 saturated heterocycles. The minimum Gasteiger partial charge on any atom is -0.394 e. The van der Waals surface area contributed by atoms with Crippen molar-refractivity contribution in [1.82, 2.24) is 0 Å². The fourth-order valence-corrected chi connectivity index (χ4v) is 5.53. The summed E-state index contributed by atoms with van der Waals surface area (Å²) in [6.07, 6.45) is 37.5. The number of carbonyl (C=O) groups is 3. The standard InChI is InChI=1S/C41H74O8/c1-3-5-7-9-11-13-15-17-19-21-23-25-27-29-31-33-39(45)48-41(37-43,47-36-38(44)35-42)49-40(46)34-32-30-28-26-24-22-20-18-16-14-12-10-8-6-4-2/h17-20,37-38,42,44H,3-16,21-36H2,1-2H3/b19-17-,20-18-. The average molecular weight is 695 g/mol. The second kappa shape index (κ2) is 35.8. The Labute approximate surface area is 299 Å². The first-order valence-electron chi connectivity index (χ1n) is 20.1. The molecule has 286 valence electrons. The molecular weight excluding hydrogens is 620 g/mol. The van der Waals surface area contributed by atoms with Crippen molar-refractivity contribution in [3.05, 3.63) is 24.3 Å². The van der Waals surface area contributed by atoms with Gasteiger partial charge >= 0.3 is 17.9 Å². The zero-order chi connectivity index (χ0) is 36.1. The number of ether oxygens (including phenoxy) is 3. The zero-order valence-electron chi connectivity index (χ0n) is 31.5. The molecule has 0 aliphatic rings. The number of hydrogen-bond donors (Lipinski definition) is 2. The molecule has 0 radical (unpaired) electrons. The van der Waals surface area contributed by atoms with Crippen molar-refractivity contribution in [3.63, 3.8) is 0 Å². The molecule has 1 atom stereocenters. The predicted octanol–water partition coefficient (Wildman–Crippen LogP) is 10.4. The number of esters is 2. The van der Waals surface area contributed by atoms with Crippen LogP contribution < -0.4 is 0 Å². The van der Waals surface area contributed by atoms with E-state index in [1.54, 1.807) is 0 Å². The predicted molar refractivity (Wildman–Crippen MR) is 199 cm³/mol. The third-order valence-corrected chi connectivity index (χ3v) is 8.63. The summed E-state index contributed by atoms with van der Waals surface area (Å²) in [4.78, 5) is 37.1. The van der Waals surface area contributed by atoms with Gasteiger partial charge in [0.05, 0.1) is 13.2 Å². The van der Waals surface area contributed by atoms with E-state index < -0.39 is 37.2 Å². The van der Waals surface area contributed by atoms with Crippen LogP contribution in [-0.2, 0) is 28.6 Å². The van der Waals surface area contributed by atoms with E-state index >= 15 is 0 Å². The van der Waals surface area contributed by atoms with E-state index in [1.165, 1.54) is 77.0 Å². The molecule has 0 bridgehead atoms. The average Bonchev–Trinajstić information content (AvgIpc) is 3.10. The number of aldehydes is 1. The van der Waals surface area contributed by atoms with Gasteiger partial charge in [-0.1, -0.05) is 141 Å². The van der Waals surface area contributed by atoms with Crippen LogP contribution in [0, 0.1) is 0 Å². The Morgan fingerprint density at radius 3 is 1.20 bits per heavy atom. The molecule has 8 heteroatoms. The van der Waals surface area contributed by atoms with Gasteiger partial charge in [0, 0.05) is 12.8 Å². The van der Waals surface area contributed by atoms with Gasteiger partial charge in [0.15, 0.2) is 0 Å². The molecule has 49 heavy (non-hydrogen) atoms. The lowest BCUT2D eigenvalue weighted by Crippen LogP contribution is -2.46. The topological polar surface area (TPSA) is 119 Å². The van der Waals surface area contributed by atoms with E-state index in [-0.39, 0.29) is 19.1 Å². The van der Waals surface area contributed by atoms with Gasteiger partial charge < -0.3 is 19.7 Å². The van der Waals surface area contributed by atoms with E-state index in [2.05, 4.69) is 38.2 Å². The number of unbranched alkanes of at least 4 members (excludes halogenated alkanes) is 22. The van der Waals surface area contributed by atoms with Crippen molar-refractivity contribution in [2.75, 3.05) is 13.2 Å². The van der Waals surface area contributed by atoms with Crippen LogP contribution in [0.25, 0.3) is 0 Å². The fraction of sp³-hybridized carbons (Fsp3) is 0.829. The molecular formula is C41H74O8.